The number of ether oxygens (including phenoxy) is 1. The predicted molar refractivity (Wildman–Crippen MR) is 100.0 cm³/mol. The average Bonchev–Trinajstić information content (AvgIpc) is 3.12. The number of nitrogens with two attached hydrogens (primary N) is 1. The van der Waals surface area contributed by atoms with Crippen molar-refractivity contribution < 1.29 is 9.26 Å². The van der Waals surface area contributed by atoms with Crippen LogP contribution in [0.1, 0.15) is 30.9 Å². The van der Waals surface area contributed by atoms with Gasteiger partial charge in [0.25, 0.3) is 0 Å². The number of aromatic nitrogens is 2. The summed E-state index contributed by atoms with van der Waals surface area (Å²) in [6.45, 7) is 4.60. The highest BCUT2D eigenvalue weighted by Crippen LogP contribution is 2.36. The third-order valence-electron chi connectivity index (χ3n) is 4.19. The van der Waals surface area contributed by atoms with E-state index in [0.717, 1.165) is 22.4 Å². The second-order valence-corrected chi connectivity index (χ2v) is 6.15. The third kappa shape index (κ3) is 3.67. The van der Waals surface area contributed by atoms with Gasteiger partial charge in [-0.2, -0.15) is 4.98 Å². The summed E-state index contributed by atoms with van der Waals surface area (Å²) in [6.07, 6.45) is 0. The molecule has 5 nitrogen and oxygen atoms in total. The molecule has 6 heteroatoms. The molecule has 0 spiro atoms. The molecule has 132 valence electrons. The Hall–Kier alpha value is -2.37. The molecule has 0 aliphatic heterocycles. The van der Waals surface area contributed by atoms with Crippen LogP contribution in [0.5, 0.6) is 5.75 Å². The molecule has 0 bridgehead atoms. The molecule has 0 aliphatic rings. The molecular formula is C19H22ClN3O2. The Kier molecular flexibility index (Phi) is 5.82. The molecule has 2 aromatic carbocycles. The molecule has 0 aliphatic carbocycles. The van der Waals surface area contributed by atoms with Gasteiger partial charge in [0, 0.05) is 17.7 Å². The van der Waals surface area contributed by atoms with E-state index in [1.54, 1.807) is 7.11 Å². The first-order valence-electron chi connectivity index (χ1n) is 7.83. The van der Waals surface area contributed by atoms with E-state index in [9.17, 15) is 0 Å². The Morgan fingerprint density at radius 1 is 1.08 bits per heavy atom. The van der Waals surface area contributed by atoms with E-state index in [1.165, 1.54) is 0 Å². The van der Waals surface area contributed by atoms with Crippen LogP contribution >= 0.6 is 12.4 Å². The molecule has 3 aromatic rings. The summed E-state index contributed by atoms with van der Waals surface area (Å²) >= 11 is 0. The van der Waals surface area contributed by atoms with Crippen LogP contribution in [-0.4, -0.2) is 17.3 Å². The van der Waals surface area contributed by atoms with Crippen LogP contribution in [0.3, 0.4) is 0 Å². The van der Waals surface area contributed by atoms with Crippen molar-refractivity contribution in [3.63, 3.8) is 0 Å². The molecule has 2 N–H and O–H groups in total. The Labute approximate surface area is 153 Å². The molecule has 25 heavy (non-hydrogen) atoms. The number of methoxy groups -OCH3 is 1. The van der Waals surface area contributed by atoms with Crippen LogP contribution in [0.25, 0.3) is 11.4 Å². The van der Waals surface area contributed by atoms with Gasteiger partial charge in [0.1, 0.15) is 5.75 Å². The number of benzene rings is 2. The lowest BCUT2D eigenvalue weighted by molar-refractivity contribution is 0.324. The van der Waals surface area contributed by atoms with Gasteiger partial charge < -0.3 is 15.0 Å². The first kappa shape index (κ1) is 19.0. The topological polar surface area (TPSA) is 74.2 Å². The highest BCUT2D eigenvalue weighted by Gasteiger charge is 2.32. The first-order chi connectivity index (χ1) is 11.6. The van der Waals surface area contributed by atoms with Crippen molar-refractivity contribution >= 4 is 12.4 Å². The molecule has 0 fully saturated rings. The van der Waals surface area contributed by atoms with Crippen molar-refractivity contribution in [1.29, 1.82) is 0 Å². The number of halogens is 1. The third-order valence-corrected chi connectivity index (χ3v) is 4.19. The Bertz CT molecular complexity index is 829. The van der Waals surface area contributed by atoms with E-state index in [2.05, 4.69) is 10.1 Å². The minimum absolute atomic E-state index is 0. The minimum atomic E-state index is -0.463. The first-order valence-corrected chi connectivity index (χ1v) is 7.83. The van der Waals surface area contributed by atoms with Gasteiger partial charge in [-0.05, 0) is 25.5 Å². The molecule has 1 aromatic heterocycles. The van der Waals surface area contributed by atoms with E-state index in [-0.39, 0.29) is 12.4 Å². The fourth-order valence-electron chi connectivity index (χ4n) is 2.66. The maximum atomic E-state index is 5.63. The quantitative estimate of drug-likeness (QED) is 0.746. The summed E-state index contributed by atoms with van der Waals surface area (Å²) < 4.78 is 11.0. The molecule has 0 radical (unpaired) electrons. The zero-order valence-electron chi connectivity index (χ0n) is 14.5. The molecular weight excluding hydrogens is 338 g/mol. The smallest absolute Gasteiger partial charge is 0.237 e. The highest BCUT2D eigenvalue weighted by molar-refractivity contribution is 5.85. The van der Waals surface area contributed by atoms with Crippen LogP contribution in [0.15, 0.2) is 53.1 Å². The summed E-state index contributed by atoms with van der Waals surface area (Å²) in [5, 5.41) is 4.13. The van der Waals surface area contributed by atoms with E-state index in [1.807, 2.05) is 62.4 Å². The van der Waals surface area contributed by atoms with Gasteiger partial charge in [0.15, 0.2) is 0 Å². The fraction of sp³-hybridized carbons (Fsp3) is 0.263. The molecule has 0 saturated carbocycles. The van der Waals surface area contributed by atoms with Crippen molar-refractivity contribution in [3.05, 3.63) is 65.5 Å². The Balaban J connectivity index is 0.00000225. The fourth-order valence-corrected chi connectivity index (χ4v) is 2.66. The molecule has 0 amide bonds. The molecule has 0 saturated heterocycles. The van der Waals surface area contributed by atoms with Gasteiger partial charge in [0.2, 0.25) is 11.7 Å². The summed E-state index contributed by atoms with van der Waals surface area (Å²) in [6, 6.07) is 15.7. The van der Waals surface area contributed by atoms with Gasteiger partial charge >= 0.3 is 0 Å². The molecule has 0 unspecified atom stereocenters. The van der Waals surface area contributed by atoms with Crippen molar-refractivity contribution in [2.75, 3.05) is 7.11 Å². The molecule has 3 rings (SSSR count). The average molecular weight is 360 g/mol. The lowest BCUT2D eigenvalue weighted by Gasteiger charge is -2.22. The molecule has 1 heterocycles. The number of nitrogens with zero attached hydrogens (tertiary/aromatic N) is 2. The van der Waals surface area contributed by atoms with E-state index < -0.39 is 5.41 Å². The van der Waals surface area contributed by atoms with Crippen LogP contribution < -0.4 is 10.5 Å². The lowest BCUT2D eigenvalue weighted by atomic mass is 9.84. The van der Waals surface area contributed by atoms with E-state index in [4.69, 9.17) is 15.0 Å². The predicted octanol–water partition coefficient (Wildman–Crippen LogP) is 3.95. The van der Waals surface area contributed by atoms with Gasteiger partial charge in [-0.1, -0.05) is 47.6 Å². The summed E-state index contributed by atoms with van der Waals surface area (Å²) in [4.78, 5) is 4.59. The summed E-state index contributed by atoms with van der Waals surface area (Å²) in [5.41, 5.74) is 8.14. The number of para-hydroxylation sites is 1. The standard InChI is InChI=1S/C19H21N3O2.ClH/c1-19(2,15-6-4-5-7-16(15)23-3)18-21-17(22-24-18)14-10-8-13(12-20)9-11-14;/h4-11H,12,20H2,1-3H3;1H. The number of rotatable bonds is 5. The zero-order valence-corrected chi connectivity index (χ0v) is 15.3. The van der Waals surface area contributed by atoms with Crippen LogP contribution in [-0.2, 0) is 12.0 Å². The second kappa shape index (κ2) is 7.68. The van der Waals surface area contributed by atoms with Crippen LogP contribution in [0, 0.1) is 0 Å². The number of hydrogen-bond donors (Lipinski definition) is 1. The highest BCUT2D eigenvalue weighted by atomic mass is 35.5. The SMILES string of the molecule is COc1ccccc1C(C)(C)c1nc(-c2ccc(CN)cc2)no1.Cl. The van der Waals surface area contributed by atoms with Gasteiger partial charge in [-0.15, -0.1) is 12.4 Å². The van der Waals surface area contributed by atoms with Crippen molar-refractivity contribution in [2.24, 2.45) is 5.73 Å². The summed E-state index contributed by atoms with van der Waals surface area (Å²) in [7, 11) is 1.66. The summed E-state index contributed by atoms with van der Waals surface area (Å²) in [5.74, 6) is 1.91. The van der Waals surface area contributed by atoms with Gasteiger partial charge in [0.05, 0.1) is 12.5 Å². The Morgan fingerprint density at radius 2 is 1.76 bits per heavy atom. The van der Waals surface area contributed by atoms with Gasteiger partial charge in [-0.3, -0.25) is 0 Å². The largest absolute Gasteiger partial charge is 0.496 e. The second-order valence-electron chi connectivity index (χ2n) is 6.15. The number of hydrogen-bond acceptors (Lipinski definition) is 5. The van der Waals surface area contributed by atoms with Crippen molar-refractivity contribution in [1.82, 2.24) is 10.1 Å². The van der Waals surface area contributed by atoms with Crippen LogP contribution in [0.4, 0.5) is 0 Å². The Morgan fingerprint density at radius 3 is 2.40 bits per heavy atom. The van der Waals surface area contributed by atoms with Crippen molar-refractivity contribution in [2.45, 2.75) is 25.8 Å². The van der Waals surface area contributed by atoms with Gasteiger partial charge in [-0.25, -0.2) is 0 Å². The van der Waals surface area contributed by atoms with E-state index in [0.29, 0.717) is 18.3 Å². The molecule has 0 atom stereocenters. The zero-order chi connectivity index (χ0) is 17.2. The van der Waals surface area contributed by atoms with E-state index >= 15 is 0 Å². The van der Waals surface area contributed by atoms with Crippen LogP contribution in [0.2, 0.25) is 0 Å². The van der Waals surface area contributed by atoms with Crippen molar-refractivity contribution in [3.8, 4) is 17.1 Å². The minimum Gasteiger partial charge on any atom is -0.496 e. The normalized spacial score (nSPS) is 11.0. The monoisotopic (exact) mass is 359 g/mol. The maximum absolute atomic E-state index is 5.63. The lowest BCUT2D eigenvalue weighted by Crippen LogP contribution is -2.20. The maximum Gasteiger partial charge on any atom is 0.237 e.